The Labute approximate surface area is 117 Å². The number of benzene rings is 2. The number of hydrogen-bond acceptors (Lipinski definition) is 3. The maximum Gasteiger partial charge on any atom is 0.115 e. The van der Waals surface area contributed by atoms with Gasteiger partial charge in [0.2, 0.25) is 0 Å². The van der Waals surface area contributed by atoms with Crippen LogP contribution in [0, 0.1) is 11.3 Å². The maximum absolute atomic E-state index is 9.26. The average molecular weight is 273 g/mol. The number of phenols is 1. The molecule has 0 bridgehead atoms. The highest BCUT2D eigenvalue weighted by Crippen LogP contribution is 2.27. The van der Waals surface area contributed by atoms with E-state index >= 15 is 0 Å². The summed E-state index contributed by atoms with van der Waals surface area (Å²) in [6.07, 6.45) is 0. The molecule has 0 fully saturated rings. The largest absolute Gasteiger partial charge is 0.508 e. The molecule has 0 heterocycles. The minimum atomic E-state index is 0.0473. The van der Waals surface area contributed by atoms with Crippen LogP contribution in [0.3, 0.4) is 0 Å². The molecule has 0 aromatic heterocycles. The van der Waals surface area contributed by atoms with Crippen LogP contribution < -0.4 is 5.32 Å². The molecule has 4 heteroatoms. The zero-order chi connectivity index (χ0) is 13.8. The fourth-order valence-electron chi connectivity index (χ4n) is 1.78. The molecule has 1 atom stereocenters. The van der Waals surface area contributed by atoms with E-state index in [9.17, 15) is 5.11 Å². The van der Waals surface area contributed by atoms with Crippen LogP contribution in [0.1, 0.15) is 24.1 Å². The number of aromatic hydroxyl groups is 1. The van der Waals surface area contributed by atoms with Crippen LogP contribution in [-0.4, -0.2) is 5.11 Å². The average Bonchev–Trinajstić information content (AvgIpc) is 2.41. The van der Waals surface area contributed by atoms with Crippen LogP contribution in [0.25, 0.3) is 0 Å². The van der Waals surface area contributed by atoms with E-state index in [0.29, 0.717) is 10.6 Å². The molecule has 0 aliphatic heterocycles. The Morgan fingerprint density at radius 3 is 2.47 bits per heavy atom. The summed E-state index contributed by atoms with van der Waals surface area (Å²) in [6.45, 7) is 2.00. The fraction of sp³-hybridized carbons (Fsp3) is 0.133. The molecule has 0 aliphatic carbocycles. The summed E-state index contributed by atoms with van der Waals surface area (Å²) in [7, 11) is 0. The molecule has 19 heavy (non-hydrogen) atoms. The monoisotopic (exact) mass is 272 g/mol. The standard InChI is InChI=1S/C15H13ClN2O/c1-10(12-3-5-13(19)6-4-12)18-15-7-2-11(9-17)8-14(15)16/h2-8,10,18-19H,1H3. The molecule has 2 rings (SSSR count). The summed E-state index contributed by atoms with van der Waals surface area (Å²) in [5, 5.41) is 21.8. The second kappa shape index (κ2) is 5.64. The number of phenolic OH excluding ortho intramolecular Hbond substituents is 1. The summed E-state index contributed by atoms with van der Waals surface area (Å²) in [5.41, 5.74) is 2.35. The van der Waals surface area contributed by atoms with Crippen LogP contribution in [-0.2, 0) is 0 Å². The number of nitrogens with zero attached hydrogens (tertiary/aromatic N) is 1. The summed E-state index contributed by atoms with van der Waals surface area (Å²) in [5.74, 6) is 0.243. The van der Waals surface area contributed by atoms with Crippen molar-refractivity contribution in [2.45, 2.75) is 13.0 Å². The third kappa shape index (κ3) is 3.18. The van der Waals surface area contributed by atoms with Crippen molar-refractivity contribution in [3.8, 4) is 11.8 Å². The predicted octanol–water partition coefficient (Wildman–Crippen LogP) is 4.09. The van der Waals surface area contributed by atoms with Gasteiger partial charge in [0.1, 0.15) is 5.75 Å². The van der Waals surface area contributed by atoms with Crippen molar-refractivity contribution >= 4 is 17.3 Å². The fourth-order valence-corrected chi connectivity index (χ4v) is 2.02. The Hall–Kier alpha value is -2.18. The lowest BCUT2D eigenvalue weighted by Crippen LogP contribution is -2.06. The van der Waals surface area contributed by atoms with Gasteiger partial charge in [-0.3, -0.25) is 0 Å². The summed E-state index contributed by atoms with van der Waals surface area (Å²) in [4.78, 5) is 0. The van der Waals surface area contributed by atoms with E-state index in [1.165, 1.54) is 0 Å². The highest BCUT2D eigenvalue weighted by Gasteiger charge is 2.08. The molecule has 96 valence electrons. The number of hydrogen-bond donors (Lipinski definition) is 2. The van der Waals surface area contributed by atoms with E-state index in [-0.39, 0.29) is 11.8 Å². The van der Waals surface area contributed by atoms with Gasteiger partial charge in [-0.05, 0) is 42.8 Å². The molecule has 0 saturated heterocycles. The summed E-state index contributed by atoms with van der Waals surface area (Å²) < 4.78 is 0. The Morgan fingerprint density at radius 1 is 1.21 bits per heavy atom. The lowest BCUT2D eigenvalue weighted by atomic mass is 10.1. The molecule has 0 saturated carbocycles. The van der Waals surface area contributed by atoms with Gasteiger partial charge in [-0.25, -0.2) is 0 Å². The SMILES string of the molecule is CC(Nc1ccc(C#N)cc1Cl)c1ccc(O)cc1. The summed E-state index contributed by atoms with van der Waals surface area (Å²) >= 11 is 6.11. The number of anilines is 1. The molecule has 0 spiro atoms. The minimum absolute atomic E-state index is 0.0473. The van der Waals surface area contributed by atoms with Gasteiger partial charge in [0, 0.05) is 6.04 Å². The number of halogens is 1. The van der Waals surface area contributed by atoms with E-state index in [1.54, 1.807) is 30.3 Å². The van der Waals surface area contributed by atoms with Crippen LogP contribution >= 0.6 is 11.6 Å². The van der Waals surface area contributed by atoms with E-state index < -0.39 is 0 Å². The number of nitrogens with one attached hydrogen (secondary N) is 1. The molecule has 0 amide bonds. The van der Waals surface area contributed by atoms with Crippen molar-refractivity contribution < 1.29 is 5.11 Å². The van der Waals surface area contributed by atoms with Gasteiger partial charge in [0.25, 0.3) is 0 Å². The smallest absolute Gasteiger partial charge is 0.115 e. The van der Waals surface area contributed by atoms with Crippen molar-refractivity contribution in [2.24, 2.45) is 0 Å². The van der Waals surface area contributed by atoms with Gasteiger partial charge < -0.3 is 10.4 Å². The first-order valence-electron chi connectivity index (χ1n) is 5.85. The van der Waals surface area contributed by atoms with Gasteiger partial charge in [0.05, 0.1) is 22.3 Å². The van der Waals surface area contributed by atoms with Crippen LogP contribution in [0.5, 0.6) is 5.75 Å². The summed E-state index contributed by atoms with van der Waals surface area (Å²) in [6, 6.07) is 14.2. The first-order valence-corrected chi connectivity index (χ1v) is 6.23. The van der Waals surface area contributed by atoms with Crippen molar-refractivity contribution in [3.63, 3.8) is 0 Å². The van der Waals surface area contributed by atoms with E-state index in [0.717, 1.165) is 11.3 Å². The molecule has 2 N–H and O–H groups in total. The van der Waals surface area contributed by atoms with Gasteiger partial charge >= 0.3 is 0 Å². The molecule has 1 unspecified atom stereocenters. The van der Waals surface area contributed by atoms with Crippen molar-refractivity contribution in [2.75, 3.05) is 5.32 Å². The second-order valence-electron chi connectivity index (χ2n) is 4.26. The lowest BCUT2D eigenvalue weighted by Gasteiger charge is -2.17. The molecule has 0 radical (unpaired) electrons. The Balaban J connectivity index is 2.17. The normalized spacial score (nSPS) is 11.6. The third-order valence-corrected chi connectivity index (χ3v) is 3.18. The topological polar surface area (TPSA) is 56.0 Å². The minimum Gasteiger partial charge on any atom is -0.508 e. The molecular weight excluding hydrogens is 260 g/mol. The first kappa shape index (κ1) is 13.3. The van der Waals surface area contributed by atoms with E-state index in [4.69, 9.17) is 16.9 Å². The van der Waals surface area contributed by atoms with Crippen molar-refractivity contribution in [1.82, 2.24) is 0 Å². The highest BCUT2D eigenvalue weighted by atomic mass is 35.5. The van der Waals surface area contributed by atoms with Gasteiger partial charge in [-0.2, -0.15) is 5.26 Å². The zero-order valence-electron chi connectivity index (χ0n) is 10.4. The first-order chi connectivity index (χ1) is 9.10. The Kier molecular flexibility index (Phi) is 3.94. The second-order valence-corrected chi connectivity index (χ2v) is 4.67. The molecule has 2 aromatic rings. The highest BCUT2D eigenvalue weighted by molar-refractivity contribution is 6.33. The zero-order valence-corrected chi connectivity index (χ0v) is 11.1. The van der Waals surface area contributed by atoms with Gasteiger partial charge in [-0.15, -0.1) is 0 Å². The molecule has 0 aliphatic rings. The maximum atomic E-state index is 9.26. The predicted molar refractivity (Wildman–Crippen MR) is 76.3 cm³/mol. The molecule has 2 aromatic carbocycles. The van der Waals surface area contributed by atoms with Gasteiger partial charge in [0.15, 0.2) is 0 Å². The van der Waals surface area contributed by atoms with Crippen molar-refractivity contribution in [1.29, 1.82) is 5.26 Å². The van der Waals surface area contributed by atoms with E-state index in [2.05, 4.69) is 5.32 Å². The van der Waals surface area contributed by atoms with Gasteiger partial charge in [-0.1, -0.05) is 23.7 Å². The molecule has 3 nitrogen and oxygen atoms in total. The third-order valence-electron chi connectivity index (χ3n) is 2.86. The number of rotatable bonds is 3. The van der Waals surface area contributed by atoms with Crippen LogP contribution in [0.2, 0.25) is 5.02 Å². The van der Waals surface area contributed by atoms with Crippen molar-refractivity contribution in [3.05, 3.63) is 58.6 Å². The molecular formula is C15H13ClN2O. The Morgan fingerprint density at radius 2 is 1.89 bits per heavy atom. The number of nitriles is 1. The van der Waals surface area contributed by atoms with Crippen LogP contribution in [0.15, 0.2) is 42.5 Å². The van der Waals surface area contributed by atoms with E-state index in [1.807, 2.05) is 25.1 Å². The quantitative estimate of drug-likeness (QED) is 0.885. The Bertz CT molecular complexity index is 617. The van der Waals surface area contributed by atoms with Crippen LogP contribution in [0.4, 0.5) is 5.69 Å². The lowest BCUT2D eigenvalue weighted by molar-refractivity contribution is 0.475.